The molecule has 0 amide bonds. The Morgan fingerprint density at radius 3 is 1.28 bits per heavy atom. The number of nitro benzene ring substituents is 2. The van der Waals surface area contributed by atoms with Gasteiger partial charge in [0.1, 0.15) is 112 Å². The topological polar surface area (TPSA) is 443 Å². The summed E-state index contributed by atoms with van der Waals surface area (Å²) in [5.74, 6) is 11.4. The number of nitrogens with two attached hydrogens (primary N) is 2. The van der Waals surface area contributed by atoms with E-state index in [0.717, 1.165) is 76.1 Å². The number of nitro groups is 2. The number of aryl methyl sites for hydroxylation is 1. The SMILES string of the molecule is C#C[Si](C)(C)C.C#Cc1cc(N)ccc1F.C#Cc1cc(Nc2ncnc3cc(OC)c(C)cc23)ccc1F.C#Cc1cc(Nc2ncnc3cc(OC)c(O)cc23)ccc1F.CC(=O)O.CCOC(=O)CCBr.COc1ccc2c(Cl)ncnc2c1.C[Si](C)(C)C#Cc1cc(N)ccc1F.C[Si](C)(C)C#Cc1cc([N+](=O)[O-])ccc1F.Fc1ccccc1Br.O.O=[N+]([O-])c1ccc(F)c(Br)c1.[K+].[Li+].[OH-].[OH-]. The van der Waals surface area contributed by atoms with Crippen molar-refractivity contribution < 1.29 is 166 Å². The van der Waals surface area contributed by atoms with Crippen LogP contribution >= 0.6 is 59.4 Å². The summed E-state index contributed by atoms with van der Waals surface area (Å²) < 4.78 is 111. The minimum atomic E-state index is -1.61. The van der Waals surface area contributed by atoms with Crippen molar-refractivity contribution in [3.05, 3.63) is 303 Å². The van der Waals surface area contributed by atoms with E-state index in [1.807, 2.05) is 56.9 Å². The first kappa shape index (κ1) is 133. The molecule has 0 aliphatic carbocycles. The van der Waals surface area contributed by atoms with E-state index in [0.29, 0.717) is 84.6 Å². The van der Waals surface area contributed by atoms with Gasteiger partial charge in [-0.05, 0) is 173 Å². The number of nitrogen functional groups attached to an aromatic ring is 2. The van der Waals surface area contributed by atoms with Crippen molar-refractivity contribution >= 4 is 174 Å². The van der Waals surface area contributed by atoms with E-state index >= 15 is 0 Å². The van der Waals surface area contributed by atoms with Crippen LogP contribution in [0.25, 0.3) is 32.7 Å². The monoisotopic (exact) mass is 2220 g/mol. The van der Waals surface area contributed by atoms with Crippen molar-refractivity contribution in [3.8, 4) is 94.9 Å². The third kappa shape index (κ3) is 50.1. The fraction of sp³-hybridized carbons (Fsp3) is 0.184. The van der Waals surface area contributed by atoms with Gasteiger partial charge in [-0.15, -0.1) is 42.3 Å². The van der Waals surface area contributed by atoms with Gasteiger partial charge in [-0.2, -0.15) is 0 Å². The van der Waals surface area contributed by atoms with E-state index in [2.05, 4.69) is 179 Å². The van der Waals surface area contributed by atoms with Crippen LogP contribution in [-0.4, -0.2) is 136 Å². The Bertz CT molecular complexity index is 6500. The molecule has 3 heterocycles. The number of fused-ring (bicyclic) bond motifs is 3. The summed E-state index contributed by atoms with van der Waals surface area (Å²) in [6.07, 6.45) is 25.4. The molecule has 43 heteroatoms. The molecule has 27 nitrogen and oxygen atoms in total. The number of terminal acetylenes is 4. The molecule has 0 aliphatic rings. The van der Waals surface area contributed by atoms with Gasteiger partial charge in [-0.1, -0.05) is 128 Å². The molecular formula is C98H99Br3ClF7KLiN12O15Si3. The Hall–Kier alpha value is -12.3. The average molecular weight is 2220 g/mol. The number of carbonyl (C=O) groups excluding carboxylic acids is 1. The molecule has 3 aromatic heterocycles. The largest absolute Gasteiger partial charge is 1.00 e. The van der Waals surface area contributed by atoms with Crippen LogP contribution in [0.3, 0.4) is 0 Å². The molecule has 0 fully saturated rings. The molecule has 12 N–H and O–H groups in total. The van der Waals surface area contributed by atoms with Crippen LogP contribution in [0, 0.1) is 140 Å². The Balaban J connectivity index is -0.00000152. The number of carboxylic acids is 1. The molecular weight excluding hydrogens is 2120 g/mol. The van der Waals surface area contributed by atoms with Gasteiger partial charge >= 0.3 is 76.2 Å². The molecule has 732 valence electrons. The molecule has 0 radical (unpaired) electrons. The number of aliphatic carboxylic acids is 1. The van der Waals surface area contributed by atoms with Crippen LogP contribution in [0.5, 0.6) is 23.0 Å². The number of halogens is 11. The van der Waals surface area contributed by atoms with Crippen LogP contribution in [0.2, 0.25) is 64.1 Å². The minimum Gasteiger partial charge on any atom is -0.870 e. The number of hydrogen-bond acceptors (Lipinski definition) is 23. The van der Waals surface area contributed by atoms with Crippen molar-refractivity contribution in [2.75, 3.05) is 55.4 Å². The number of nitrogens with zero attached hydrogens (tertiary/aromatic N) is 8. The molecule has 141 heavy (non-hydrogen) atoms. The maximum Gasteiger partial charge on any atom is 1.00 e. The fourth-order valence-electron chi connectivity index (χ4n) is 9.55. The molecule has 0 aliphatic heterocycles. The summed E-state index contributed by atoms with van der Waals surface area (Å²) >= 11 is 14.8. The van der Waals surface area contributed by atoms with Gasteiger partial charge in [0.25, 0.3) is 17.3 Å². The number of non-ortho nitro benzene ring substituents is 2. The van der Waals surface area contributed by atoms with Gasteiger partial charge in [0.2, 0.25) is 0 Å². The van der Waals surface area contributed by atoms with E-state index in [9.17, 15) is 60.9 Å². The quantitative estimate of drug-likeness (QED) is 0.00761. The second-order valence-corrected chi connectivity index (χ2v) is 47.4. The van der Waals surface area contributed by atoms with Crippen molar-refractivity contribution in [2.24, 2.45) is 0 Å². The first-order valence-corrected chi connectivity index (χ1v) is 53.3. The number of hydrogen-bond donors (Lipinski definition) is 6. The first-order chi connectivity index (χ1) is 64.0. The van der Waals surface area contributed by atoms with E-state index in [1.54, 1.807) is 69.7 Å². The number of aromatic nitrogens is 6. The third-order valence-corrected chi connectivity index (χ3v) is 20.6. The van der Waals surface area contributed by atoms with Gasteiger partial charge in [-0.25, -0.2) is 60.6 Å². The summed E-state index contributed by atoms with van der Waals surface area (Å²) in [4.78, 5) is 63.7. The van der Waals surface area contributed by atoms with E-state index < -0.39 is 69.1 Å². The van der Waals surface area contributed by atoms with Crippen LogP contribution in [0.15, 0.2) is 204 Å². The Morgan fingerprint density at radius 2 is 0.894 bits per heavy atom. The van der Waals surface area contributed by atoms with Crippen LogP contribution in [0.4, 0.5) is 76.5 Å². The number of carbonyl (C=O) groups is 2. The van der Waals surface area contributed by atoms with E-state index in [-0.39, 0.29) is 148 Å². The van der Waals surface area contributed by atoms with E-state index in [4.69, 9.17) is 72.9 Å². The van der Waals surface area contributed by atoms with Crippen molar-refractivity contribution in [3.63, 3.8) is 0 Å². The number of rotatable bonds is 12. The van der Waals surface area contributed by atoms with Crippen LogP contribution in [0.1, 0.15) is 53.6 Å². The van der Waals surface area contributed by atoms with Gasteiger partial charge in [-0.3, -0.25) is 29.8 Å². The average Bonchev–Trinajstić information content (AvgIpc) is 0.796. The van der Waals surface area contributed by atoms with Gasteiger partial charge in [0, 0.05) is 93.6 Å². The van der Waals surface area contributed by atoms with Crippen molar-refractivity contribution in [1.29, 1.82) is 0 Å². The maximum atomic E-state index is 13.5. The summed E-state index contributed by atoms with van der Waals surface area (Å²) in [5.41, 5.74) is 25.9. The fourth-order valence-corrected chi connectivity index (χ4v) is 11.7. The predicted molar refractivity (Wildman–Crippen MR) is 551 cm³/mol. The van der Waals surface area contributed by atoms with Gasteiger partial charge < -0.3 is 67.7 Å². The number of alkyl halides is 1. The predicted octanol–water partition coefficient (Wildman–Crippen LogP) is 17.1. The zero-order valence-corrected chi connectivity index (χ0v) is 91.3. The summed E-state index contributed by atoms with van der Waals surface area (Å²) in [7, 11) is 0.536. The zero-order chi connectivity index (χ0) is 102. The first-order valence-electron chi connectivity index (χ1n) is 39.8. The number of aromatic hydroxyl groups is 1. The number of ether oxygens (including phenoxy) is 4. The zero-order valence-electron chi connectivity index (χ0n) is 79.7. The van der Waals surface area contributed by atoms with Crippen molar-refractivity contribution in [1.82, 2.24) is 29.9 Å². The van der Waals surface area contributed by atoms with E-state index in [1.165, 1.54) is 92.8 Å². The Labute approximate surface area is 900 Å². The molecule has 0 saturated heterocycles. The minimum absolute atomic E-state index is 0. The number of nitrogens with one attached hydrogen (secondary N) is 2. The standard InChI is InChI=1S/C18H14FN3O.C17H12FN3O2.C11H12FNO2Si.C11H14FNSi.C9H7ClN2O.C8H6FN.C6H3BrFNO2.C6H4BrF.C5H9BrO2.C5H10Si.C2H4O2.K.Li.3H2O/c1-4-12-8-13(5-6-15(12)19)22-18-14-7-11(2)17(23-3)9-16(14)20-10-21-18;1-3-10-6-11(4-5-13(10)18)21-17-12-7-15(22)16(23-2)8-14(12)19-9-20-17;1-16(2,3)7-6-9-8-10(13(14)15)4-5-11(9)12;1-14(2,3)7-6-9-8-10(13)4-5-11(9)12;1-13-6-2-3-7-8(4-6)11-5-12-9(7)10;1-2-6-5-7(10)3-4-8(6)9;7-5-3-4(9(10)11)1-2-6(5)8;7-5-3-1-2-4-6(5)8;1-2-8-5(7)3-4-6;1-5-6(2,3)4;1-2(3)4;;;;;/h1,5-10H,2-3H3,(H,20,21,22);1,4-9,22H,2H3,(H,19,20,21);4-5,8H,1-3H3;4-5,8H,13H2,1-3H3;2-5H,1H3;1,3-5H,10H2;1-3H;1-4H;2-4H2,1H3;1H,2-4H3;1H3,(H,3,4);;;3*1H2/q;;;;;;;;;;;2*+1;;;/p-2. The second kappa shape index (κ2) is 67.2. The number of anilines is 6. The third-order valence-electron chi connectivity index (χ3n) is 16.1. The van der Waals surface area contributed by atoms with Gasteiger partial charge in [0.15, 0.2) is 11.5 Å². The maximum absolute atomic E-state index is 13.5. The Kier molecular flexibility index (Phi) is 63.3. The molecule has 0 spiro atoms. The summed E-state index contributed by atoms with van der Waals surface area (Å²) in [6, 6.07) is 43.0. The number of phenols is 1. The van der Waals surface area contributed by atoms with Crippen LogP contribution < -0.4 is 107 Å². The second-order valence-electron chi connectivity index (χ2n) is 30.3. The summed E-state index contributed by atoms with van der Waals surface area (Å²) in [6.45, 7) is 24.2. The number of benzene rings is 10. The molecule has 13 rings (SSSR count). The Morgan fingerprint density at radius 1 is 0.511 bits per heavy atom. The van der Waals surface area contributed by atoms with Gasteiger partial charge in [0.05, 0.1) is 97.5 Å². The molecule has 0 bridgehead atoms. The number of carboxylic acid groups (broad SMARTS) is 1. The molecule has 10 aromatic carbocycles. The van der Waals surface area contributed by atoms with Crippen molar-refractivity contribution in [2.45, 2.75) is 86.1 Å². The number of phenolic OH excluding ortho intramolecular Hbond substituents is 1. The smallest absolute Gasteiger partial charge is 0.870 e. The normalized spacial score (nSPS) is 9.57. The molecule has 0 atom stereocenters. The molecule has 0 unspecified atom stereocenters. The molecule has 13 aromatic rings. The number of methoxy groups -OCH3 is 3. The molecule has 0 saturated carbocycles. The number of esters is 1. The van der Waals surface area contributed by atoms with Crippen LogP contribution in [-0.2, 0) is 14.3 Å². The summed E-state index contributed by atoms with van der Waals surface area (Å²) in [5, 5.41) is 47.6.